The van der Waals surface area contributed by atoms with Gasteiger partial charge in [-0.25, -0.2) is 8.42 Å². The number of aryl methyl sites for hydroxylation is 4. The normalized spacial score (nSPS) is 15.7. The van der Waals surface area contributed by atoms with Crippen LogP contribution in [0.4, 0.5) is 5.69 Å². The van der Waals surface area contributed by atoms with E-state index >= 15 is 0 Å². The Morgan fingerprint density at radius 1 is 1.11 bits per heavy atom. The topological polar surface area (TPSA) is 84.3 Å². The number of hydrogen-bond donors (Lipinski definition) is 1. The van der Waals surface area contributed by atoms with Crippen molar-refractivity contribution in [2.24, 2.45) is 7.05 Å². The van der Waals surface area contributed by atoms with E-state index in [0.29, 0.717) is 24.5 Å². The number of amides is 1. The molecule has 2 aromatic rings. The number of carbonyl (C=O) groups is 1. The van der Waals surface area contributed by atoms with Crippen LogP contribution in [-0.4, -0.2) is 41.3 Å². The van der Waals surface area contributed by atoms with Crippen molar-refractivity contribution in [3.05, 3.63) is 41.0 Å². The molecule has 0 atom stereocenters. The quantitative estimate of drug-likeness (QED) is 0.870. The highest BCUT2D eigenvalue weighted by atomic mass is 32.2. The monoisotopic (exact) mass is 390 g/mol. The van der Waals surface area contributed by atoms with Gasteiger partial charge in [-0.2, -0.15) is 4.31 Å². The highest BCUT2D eigenvalue weighted by Crippen LogP contribution is 2.24. The zero-order chi connectivity index (χ0) is 19.8. The fourth-order valence-corrected chi connectivity index (χ4v) is 5.13. The Balaban J connectivity index is 1.87. The van der Waals surface area contributed by atoms with Gasteiger partial charge in [0, 0.05) is 32.0 Å². The summed E-state index contributed by atoms with van der Waals surface area (Å²) in [6.07, 6.45) is 4.31. The van der Waals surface area contributed by atoms with E-state index in [1.165, 1.54) is 16.6 Å². The summed E-state index contributed by atoms with van der Waals surface area (Å²) in [6.45, 7) is 6.72. The summed E-state index contributed by atoms with van der Waals surface area (Å²) in [5.41, 5.74) is 3.49. The maximum Gasteiger partial charge on any atom is 0.272 e. The highest BCUT2D eigenvalue weighted by Gasteiger charge is 2.28. The average molecular weight is 391 g/mol. The van der Waals surface area contributed by atoms with Gasteiger partial charge in [0.1, 0.15) is 10.6 Å². The molecule has 1 N–H and O–H groups in total. The largest absolute Gasteiger partial charge is 0.345 e. The van der Waals surface area contributed by atoms with Crippen molar-refractivity contribution in [3.63, 3.8) is 0 Å². The number of rotatable bonds is 4. The van der Waals surface area contributed by atoms with Gasteiger partial charge in [0.2, 0.25) is 10.0 Å². The molecule has 0 spiro atoms. The van der Waals surface area contributed by atoms with Gasteiger partial charge < -0.3 is 9.88 Å². The molecular weight excluding hydrogens is 364 g/mol. The fraction of sp³-hybridized carbons (Fsp3) is 0.474. The van der Waals surface area contributed by atoms with Crippen LogP contribution in [0.1, 0.15) is 46.7 Å². The summed E-state index contributed by atoms with van der Waals surface area (Å²) in [4.78, 5) is 17.3. The number of carbonyl (C=O) groups excluding carboxylic acids is 1. The maximum absolute atomic E-state index is 12.9. The molecule has 0 unspecified atom stereocenters. The van der Waals surface area contributed by atoms with E-state index in [0.717, 1.165) is 36.2 Å². The highest BCUT2D eigenvalue weighted by molar-refractivity contribution is 7.89. The average Bonchev–Trinajstić information content (AvgIpc) is 3.01. The van der Waals surface area contributed by atoms with E-state index in [4.69, 9.17) is 0 Å². The Morgan fingerprint density at radius 2 is 1.78 bits per heavy atom. The summed E-state index contributed by atoms with van der Waals surface area (Å²) in [5, 5.41) is 2.88. The van der Waals surface area contributed by atoms with Crippen LogP contribution >= 0.6 is 0 Å². The molecule has 0 bridgehead atoms. The maximum atomic E-state index is 12.9. The molecule has 0 radical (unpaired) electrons. The zero-order valence-corrected chi connectivity index (χ0v) is 17.1. The van der Waals surface area contributed by atoms with Gasteiger partial charge in [0.25, 0.3) is 5.91 Å². The standard InChI is InChI=1S/C19H26N4O3S/c1-13-10-14(2)20-15(3)18(13)21-19(24)17-11-16(12-22(17)4)27(25,26)23-8-6-5-7-9-23/h10-12H,5-9H2,1-4H3,(H,21,24). The molecule has 1 aliphatic heterocycles. The SMILES string of the molecule is Cc1cc(C)c(NC(=O)c2cc(S(=O)(=O)N3CCCCC3)cn2C)c(C)n1. The lowest BCUT2D eigenvalue weighted by molar-refractivity contribution is 0.101. The first kappa shape index (κ1) is 19.6. The first-order valence-corrected chi connectivity index (χ1v) is 10.6. The van der Waals surface area contributed by atoms with Crippen LogP contribution in [-0.2, 0) is 17.1 Å². The molecular formula is C19H26N4O3S. The summed E-state index contributed by atoms with van der Waals surface area (Å²) < 4.78 is 28.8. The number of sulfonamides is 1. The summed E-state index contributed by atoms with van der Waals surface area (Å²) in [5.74, 6) is -0.352. The van der Waals surface area contributed by atoms with Gasteiger partial charge in [0.15, 0.2) is 0 Å². The van der Waals surface area contributed by atoms with E-state index in [2.05, 4.69) is 10.3 Å². The number of aromatic nitrogens is 2. The first-order valence-electron chi connectivity index (χ1n) is 9.13. The second-order valence-electron chi connectivity index (χ2n) is 7.13. The molecule has 1 fully saturated rings. The van der Waals surface area contributed by atoms with Crippen LogP contribution in [0.5, 0.6) is 0 Å². The molecule has 3 rings (SSSR count). The molecule has 0 aliphatic carbocycles. The smallest absolute Gasteiger partial charge is 0.272 e. The lowest BCUT2D eigenvalue weighted by Gasteiger charge is -2.25. The van der Waals surface area contributed by atoms with E-state index in [-0.39, 0.29) is 10.8 Å². The Labute approximate surface area is 160 Å². The van der Waals surface area contributed by atoms with Crippen molar-refractivity contribution < 1.29 is 13.2 Å². The number of nitrogens with one attached hydrogen (secondary N) is 1. The Kier molecular flexibility index (Phi) is 5.39. The number of piperidine rings is 1. The Bertz CT molecular complexity index is 950. The van der Waals surface area contributed by atoms with Gasteiger partial charge in [-0.3, -0.25) is 9.78 Å². The van der Waals surface area contributed by atoms with Crippen molar-refractivity contribution in [2.45, 2.75) is 44.9 Å². The summed E-state index contributed by atoms with van der Waals surface area (Å²) in [6, 6.07) is 3.35. The third-order valence-corrected chi connectivity index (χ3v) is 6.79. The van der Waals surface area contributed by atoms with E-state index < -0.39 is 10.0 Å². The number of nitrogens with zero attached hydrogens (tertiary/aromatic N) is 3. The van der Waals surface area contributed by atoms with Gasteiger partial charge in [-0.05, 0) is 51.3 Å². The van der Waals surface area contributed by atoms with Crippen LogP contribution in [0, 0.1) is 20.8 Å². The van der Waals surface area contributed by atoms with Crippen LogP contribution in [0.25, 0.3) is 0 Å². The van der Waals surface area contributed by atoms with Crippen LogP contribution in [0.2, 0.25) is 0 Å². The summed E-state index contributed by atoms with van der Waals surface area (Å²) in [7, 11) is -1.89. The third kappa shape index (κ3) is 3.91. The van der Waals surface area contributed by atoms with Crippen molar-refractivity contribution >= 4 is 21.6 Å². The molecule has 0 aromatic carbocycles. The van der Waals surface area contributed by atoms with Crippen molar-refractivity contribution in [1.82, 2.24) is 13.9 Å². The molecule has 1 saturated heterocycles. The molecule has 3 heterocycles. The lowest BCUT2D eigenvalue weighted by atomic mass is 10.1. The first-order chi connectivity index (χ1) is 12.7. The van der Waals surface area contributed by atoms with Crippen molar-refractivity contribution in [1.29, 1.82) is 0 Å². The number of anilines is 1. The van der Waals surface area contributed by atoms with Gasteiger partial charge in [-0.15, -0.1) is 0 Å². The second-order valence-corrected chi connectivity index (χ2v) is 9.07. The molecule has 1 amide bonds. The van der Waals surface area contributed by atoms with Crippen LogP contribution in [0.3, 0.4) is 0 Å². The molecule has 7 nitrogen and oxygen atoms in total. The zero-order valence-electron chi connectivity index (χ0n) is 16.2. The predicted octanol–water partition coefficient (Wildman–Crippen LogP) is 2.77. The lowest BCUT2D eigenvalue weighted by Crippen LogP contribution is -2.35. The number of hydrogen-bond acceptors (Lipinski definition) is 4. The minimum absolute atomic E-state index is 0.160. The van der Waals surface area contributed by atoms with E-state index in [1.807, 2.05) is 26.8 Å². The Morgan fingerprint density at radius 3 is 2.41 bits per heavy atom. The summed E-state index contributed by atoms with van der Waals surface area (Å²) >= 11 is 0. The second kappa shape index (κ2) is 7.44. The fourth-order valence-electron chi connectivity index (χ4n) is 3.55. The molecule has 146 valence electrons. The third-order valence-electron chi connectivity index (χ3n) is 4.93. The van der Waals surface area contributed by atoms with E-state index in [1.54, 1.807) is 11.6 Å². The minimum Gasteiger partial charge on any atom is -0.345 e. The van der Waals surface area contributed by atoms with E-state index in [9.17, 15) is 13.2 Å². The molecule has 8 heteroatoms. The van der Waals surface area contributed by atoms with Crippen LogP contribution in [0.15, 0.2) is 23.2 Å². The molecule has 27 heavy (non-hydrogen) atoms. The molecule has 1 aliphatic rings. The Hall–Kier alpha value is -2.19. The van der Waals surface area contributed by atoms with Gasteiger partial charge in [-0.1, -0.05) is 6.42 Å². The van der Waals surface area contributed by atoms with Crippen molar-refractivity contribution in [3.8, 4) is 0 Å². The molecule has 0 saturated carbocycles. The van der Waals surface area contributed by atoms with Gasteiger partial charge >= 0.3 is 0 Å². The van der Waals surface area contributed by atoms with Gasteiger partial charge in [0.05, 0.1) is 11.4 Å². The predicted molar refractivity (Wildman–Crippen MR) is 104 cm³/mol. The minimum atomic E-state index is -3.57. The van der Waals surface area contributed by atoms with Crippen LogP contribution < -0.4 is 5.32 Å². The van der Waals surface area contributed by atoms with Crippen molar-refractivity contribution in [2.75, 3.05) is 18.4 Å². The number of pyridine rings is 1. The molecule has 2 aromatic heterocycles.